The molecule has 0 spiro atoms. The van der Waals surface area contributed by atoms with Gasteiger partial charge in [-0.15, -0.1) is 0 Å². The fraction of sp³-hybridized carbons (Fsp3) is 0.292. The van der Waals surface area contributed by atoms with Gasteiger partial charge in [-0.25, -0.2) is 9.97 Å². The van der Waals surface area contributed by atoms with Crippen LogP contribution in [0.3, 0.4) is 0 Å². The first-order valence-corrected chi connectivity index (χ1v) is 12.2. The quantitative estimate of drug-likeness (QED) is 0.424. The number of hydrogen-bond acceptors (Lipinski definition) is 5. The van der Waals surface area contributed by atoms with Crippen LogP contribution in [0.5, 0.6) is 0 Å². The number of aromatic nitrogens is 2. The van der Waals surface area contributed by atoms with E-state index in [1.165, 1.54) is 5.19 Å². The predicted octanol–water partition coefficient (Wildman–Crippen LogP) is 1.71. The first kappa shape index (κ1) is 22.5. The smallest absolute Gasteiger partial charge is 0.246 e. The van der Waals surface area contributed by atoms with Crippen molar-refractivity contribution in [3.63, 3.8) is 0 Å². The third-order valence-electron chi connectivity index (χ3n) is 5.75. The second-order valence-electron chi connectivity index (χ2n) is 8.34. The number of piperazine rings is 1. The Hall–Kier alpha value is -2.74. The Kier molecular flexibility index (Phi) is 6.88. The van der Waals surface area contributed by atoms with Crippen LogP contribution in [-0.4, -0.2) is 82.7 Å². The summed E-state index contributed by atoms with van der Waals surface area (Å²) in [5.74, 6) is 0.987. The topological polar surface area (TPSA) is 52.6 Å². The van der Waals surface area contributed by atoms with Crippen molar-refractivity contribution >= 4 is 49.7 Å². The van der Waals surface area contributed by atoms with Gasteiger partial charge in [0.15, 0.2) is 0 Å². The minimum atomic E-state index is 0.0700. The molecule has 1 aliphatic heterocycles. The molecule has 0 bridgehead atoms. The number of amides is 1. The van der Waals surface area contributed by atoms with Crippen LogP contribution < -0.4 is 10.1 Å². The number of carbonyl (C=O) groups excluding carboxylic acids is 1. The van der Waals surface area contributed by atoms with Crippen LogP contribution in [0.15, 0.2) is 54.9 Å². The van der Waals surface area contributed by atoms with E-state index in [-0.39, 0.29) is 5.91 Å². The summed E-state index contributed by atoms with van der Waals surface area (Å²) < 4.78 is 0. The Bertz CT molecular complexity index is 1160. The number of benzene rings is 2. The van der Waals surface area contributed by atoms with Crippen molar-refractivity contribution in [3.05, 3.63) is 59.9 Å². The van der Waals surface area contributed by atoms with E-state index >= 15 is 0 Å². The molecule has 0 atom stereocenters. The van der Waals surface area contributed by atoms with Crippen LogP contribution in [0.25, 0.3) is 22.0 Å². The molecule has 1 saturated heterocycles. The van der Waals surface area contributed by atoms with Gasteiger partial charge in [-0.2, -0.15) is 0 Å². The molecule has 6 nitrogen and oxygen atoms in total. The van der Waals surface area contributed by atoms with Gasteiger partial charge in [-0.05, 0) is 37.9 Å². The zero-order valence-electron chi connectivity index (χ0n) is 18.8. The number of hydrogen-bond donors (Lipinski definition) is 0. The van der Waals surface area contributed by atoms with Crippen molar-refractivity contribution < 1.29 is 4.79 Å². The molecular formula is C24H28ClN5OSi. The summed E-state index contributed by atoms with van der Waals surface area (Å²) in [6.45, 7) is 3.58. The van der Waals surface area contributed by atoms with Crippen molar-refractivity contribution in [3.8, 4) is 11.1 Å². The van der Waals surface area contributed by atoms with E-state index < -0.39 is 0 Å². The van der Waals surface area contributed by atoms with Crippen LogP contribution >= 0.6 is 11.6 Å². The number of nitrogens with zero attached hydrogens (tertiary/aromatic N) is 5. The Morgan fingerprint density at radius 3 is 2.59 bits per heavy atom. The van der Waals surface area contributed by atoms with Crippen molar-refractivity contribution in [1.29, 1.82) is 0 Å². The zero-order valence-corrected chi connectivity index (χ0v) is 21.5. The second-order valence-corrected chi connectivity index (χ2v) is 9.82. The van der Waals surface area contributed by atoms with E-state index in [1.807, 2.05) is 48.2 Å². The summed E-state index contributed by atoms with van der Waals surface area (Å²) in [6.07, 6.45) is 5.22. The average Bonchev–Trinajstić information content (AvgIpc) is 2.78. The Balaban J connectivity index is 1.58. The lowest BCUT2D eigenvalue weighted by Gasteiger charge is -2.35. The third-order valence-corrected chi connectivity index (χ3v) is 6.90. The summed E-state index contributed by atoms with van der Waals surface area (Å²) in [5.41, 5.74) is 3.13. The number of fused-ring (bicyclic) bond motifs is 1. The summed E-state index contributed by atoms with van der Waals surface area (Å²) in [7, 11) is 4.87. The third kappa shape index (κ3) is 4.85. The van der Waals surface area contributed by atoms with Gasteiger partial charge >= 0.3 is 0 Å². The lowest BCUT2D eigenvalue weighted by atomic mass is 10.0. The molecule has 1 aromatic heterocycles. The molecule has 0 aliphatic carbocycles. The maximum Gasteiger partial charge on any atom is 0.246 e. The van der Waals surface area contributed by atoms with Gasteiger partial charge < -0.3 is 14.7 Å². The van der Waals surface area contributed by atoms with Crippen LogP contribution in [0.4, 0.5) is 5.82 Å². The molecule has 1 aliphatic rings. The maximum absolute atomic E-state index is 12.5. The monoisotopic (exact) mass is 465 g/mol. The molecular weight excluding hydrogens is 438 g/mol. The summed E-state index contributed by atoms with van der Waals surface area (Å²) in [4.78, 5) is 27.8. The number of halogens is 1. The van der Waals surface area contributed by atoms with Crippen molar-refractivity contribution in [1.82, 2.24) is 19.8 Å². The molecule has 1 fully saturated rings. The van der Waals surface area contributed by atoms with E-state index in [9.17, 15) is 4.79 Å². The van der Waals surface area contributed by atoms with Crippen LogP contribution in [-0.2, 0) is 4.79 Å². The molecule has 0 radical (unpaired) electrons. The number of carbonyl (C=O) groups is 1. The molecule has 4 rings (SSSR count). The summed E-state index contributed by atoms with van der Waals surface area (Å²) >= 11 is 6.50. The van der Waals surface area contributed by atoms with Gasteiger partial charge in [0.2, 0.25) is 5.91 Å². The Morgan fingerprint density at radius 1 is 1.12 bits per heavy atom. The lowest BCUT2D eigenvalue weighted by Crippen LogP contribution is -2.48. The number of rotatable bonds is 5. The minimum absolute atomic E-state index is 0.0700. The highest BCUT2D eigenvalue weighted by Crippen LogP contribution is 2.31. The van der Waals surface area contributed by atoms with Crippen molar-refractivity contribution in [2.24, 2.45) is 0 Å². The van der Waals surface area contributed by atoms with Gasteiger partial charge in [0, 0.05) is 65.0 Å². The molecule has 0 saturated carbocycles. The average molecular weight is 466 g/mol. The standard InChI is InChI=1S/C24H28ClN5OSi/c1-28(2)9-5-8-23(31)29-10-12-30(13-11-29)24-19-14-18(17-6-3-4-7-20(17)25)22(32)15-21(19)26-16-27-24/h3-8,14-16H,9-13H2,1-2,32H3/b8-5+. The first-order valence-electron chi connectivity index (χ1n) is 10.8. The largest absolute Gasteiger partial charge is 0.352 e. The van der Waals surface area contributed by atoms with Crippen molar-refractivity contribution in [2.45, 2.75) is 0 Å². The molecule has 8 heteroatoms. The molecule has 1 amide bonds. The predicted molar refractivity (Wildman–Crippen MR) is 136 cm³/mol. The van der Waals surface area contributed by atoms with E-state index in [0.717, 1.165) is 62.7 Å². The Morgan fingerprint density at radius 2 is 1.88 bits per heavy atom. The van der Waals surface area contributed by atoms with Gasteiger partial charge in [-0.3, -0.25) is 4.79 Å². The molecule has 2 heterocycles. The van der Waals surface area contributed by atoms with Crippen molar-refractivity contribution in [2.75, 3.05) is 51.7 Å². The minimum Gasteiger partial charge on any atom is -0.352 e. The van der Waals surface area contributed by atoms with E-state index in [0.29, 0.717) is 13.1 Å². The highest BCUT2D eigenvalue weighted by atomic mass is 35.5. The first-order chi connectivity index (χ1) is 15.4. The van der Waals surface area contributed by atoms with E-state index in [4.69, 9.17) is 11.6 Å². The molecule has 0 N–H and O–H groups in total. The van der Waals surface area contributed by atoms with Gasteiger partial charge in [-0.1, -0.05) is 41.1 Å². The van der Waals surface area contributed by atoms with Gasteiger partial charge in [0.25, 0.3) is 0 Å². The van der Waals surface area contributed by atoms with E-state index in [2.05, 4.69) is 33.1 Å². The SMILES string of the molecule is CN(C)C/C=C/C(=O)N1CCN(c2ncnc3cc([SiH3])c(-c4ccccc4Cl)cc23)CC1. The summed E-state index contributed by atoms with van der Waals surface area (Å²) in [5, 5.41) is 3.03. The number of anilines is 1. The lowest BCUT2D eigenvalue weighted by molar-refractivity contribution is -0.126. The second kappa shape index (κ2) is 9.81. The van der Waals surface area contributed by atoms with Crippen LogP contribution in [0.2, 0.25) is 5.02 Å². The molecule has 3 aromatic rings. The maximum atomic E-state index is 12.5. The Labute approximate surface area is 196 Å². The summed E-state index contributed by atoms with van der Waals surface area (Å²) in [6, 6.07) is 12.3. The molecule has 32 heavy (non-hydrogen) atoms. The van der Waals surface area contributed by atoms with Crippen LogP contribution in [0, 0.1) is 0 Å². The highest BCUT2D eigenvalue weighted by molar-refractivity contribution is 6.39. The zero-order chi connectivity index (χ0) is 22.7. The normalized spacial score (nSPS) is 14.8. The van der Waals surface area contributed by atoms with Gasteiger partial charge in [0.05, 0.1) is 5.52 Å². The number of likely N-dealkylation sites (N-methyl/N-ethyl adjacent to an activating group) is 1. The van der Waals surface area contributed by atoms with Crippen LogP contribution in [0.1, 0.15) is 0 Å². The van der Waals surface area contributed by atoms with Gasteiger partial charge in [0.1, 0.15) is 12.1 Å². The molecule has 0 unspecified atom stereocenters. The highest BCUT2D eigenvalue weighted by Gasteiger charge is 2.22. The fourth-order valence-corrected chi connectivity index (χ4v) is 4.95. The molecule has 166 valence electrons. The van der Waals surface area contributed by atoms with E-state index in [1.54, 1.807) is 12.4 Å². The molecule has 2 aromatic carbocycles. The fourth-order valence-electron chi connectivity index (χ4n) is 4.02.